The third-order valence-electron chi connectivity index (χ3n) is 3.87. The van der Waals surface area contributed by atoms with E-state index in [9.17, 15) is 4.79 Å². The summed E-state index contributed by atoms with van der Waals surface area (Å²) in [6, 6.07) is 15.7. The van der Waals surface area contributed by atoms with Crippen LogP contribution in [-0.4, -0.2) is 25.2 Å². The molecule has 1 N–H and O–H groups in total. The largest absolute Gasteiger partial charge is 0.492 e. The van der Waals surface area contributed by atoms with Crippen LogP contribution in [0.25, 0.3) is 0 Å². The molecule has 4 heteroatoms. The lowest BCUT2D eigenvalue weighted by molar-refractivity contribution is -0.127. The second-order valence-corrected chi connectivity index (χ2v) is 6.41. The van der Waals surface area contributed by atoms with Gasteiger partial charge in [-0.15, -0.1) is 0 Å². The van der Waals surface area contributed by atoms with E-state index in [0.29, 0.717) is 19.1 Å². The van der Waals surface area contributed by atoms with Gasteiger partial charge in [-0.2, -0.15) is 0 Å². The van der Waals surface area contributed by atoms with Gasteiger partial charge >= 0.3 is 0 Å². The maximum atomic E-state index is 12.2. The Bertz CT molecular complexity index is 697. The van der Waals surface area contributed by atoms with Crippen molar-refractivity contribution in [2.24, 2.45) is 0 Å². The van der Waals surface area contributed by atoms with Crippen molar-refractivity contribution in [2.45, 2.75) is 39.7 Å². The van der Waals surface area contributed by atoms with E-state index in [-0.39, 0.29) is 5.91 Å². The standard InChI is InChI=1S/C21H27NO3/c1-15(2)19-10-5-6-11-20(19)25-17(4)21(23)22-12-13-24-18-9-7-8-16(3)14-18/h5-11,14-15,17H,12-13H2,1-4H3,(H,22,23)/t17-/m1/s1. The van der Waals surface area contributed by atoms with Gasteiger partial charge in [0.2, 0.25) is 0 Å². The fraction of sp³-hybridized carbons (Fsp3) is 0.381. The maximum absolute atomic E-state index is 12.2. The molecule has 0 unspecified atom stereocenters. The predicted octanol–water partition coefficient (Wildman–Crippen LogP) is 4.08. The quantitative estimate of drug-likeness (QED) is 0.736. The lowest BCUT2D eigenvalue weighted by Gasteiger charge is -2.18. The monoisotopic (exact) mass is 341 g/mol. The van der Waals surface area contributed by atoms with E-state index in [1.165, 1.54) is 0 Å². The number of nitrogens with one attached hydrogen (secondary N) is 1. The molecule has 0 aliphatic rings. The van der Waals surface area contributed by atoms with Gasteiger partial charge in [-0.1, -0.05) is 44.2 Å². The number of benzene rings is 2. The van der Waals surface area contributed by atoms with Crippen molar-refractivity contribution in [1.29, 1.82) is 0 Å². The van der Waals surface area contributed by atoms with Gasteiger partial charge in [-0.05, 0) is 49.1 Å². The van der Waals surface area contributed by atoms with Crippen LogP contribution < -0.4 is 14.8 Å². The molecule has 2 aromatic rings. The van der Waals surface area contributed by atoms with Gasteiger partial charge in [0.1, 0.15) is 18.1 Å². The van der Waals surface area contributed by atoms with Crippen LogP contribution in [0.5, 0.6) is 11.5 Å². The molecule has 0 heterocycles. The SMILES string of the molecule is Cc1cccc(OCCNC(=O)[C@@H](C)Oc2ccccc2C(C)C)c1. The summed E-state index contributed by atoms with van der Waals surface area (Å²) in [5.41, 5.74) is 2.25. The van der Waals surface area contributed by atoms with Gasteiger partial charge in [0, 0.05) is 0 Å². The Kier molecular flexibility index (Phi) is 6.87. The Morgan fingerprint density at radius 3 is 2.56 bits per heavy atom. The van der Waals surface area contributed by atoms with Crippen molar-refractivity contribution >= 4 is 5.91 Å². The van der Waals surface area contributed by atoms with Crippen molar-refractivity contribution in [2.75, 3.05) is 13.2 Å². The summed E-state index contributed by atoms with van der Waals surface area (Å²) in [6.07, 6.45) is -0.557. The molecule has 0 saturated heterocycles. The van der Waals surface area contributed by atoms with E-state index < -0.39 is 6.10 Å². The van der Waals surface area contributed by atoms with E-state index in [1.807, 2.05) is 55.5 Å². The van der Waals surface area contributed by atoms with E-state index in [0.717, 1.165) is 22.6 Å². The third-order valence-corrected chi connectivity index (χ3v) is 3.87. The Morgan fingerprint density at radius 2 is 1.84 bits per heavy atom. The minimum absolute atomic E-state index is 0.147. The molecule has 0 saturated carbocycles. The van der Waals surface area contributed by atoms with Gasteiger partial charge in [0.15, 0.2) is 6.10 Å². The second-order valence-electron chi connectivity index (χ2n) is 6.41. The van der Waals surface area contributed by atoms with Crippen molar-refractivity contribution < 1.29 is 14.3 Å². The molecule has 25 heavy (non-hydrogen) atoms. The molecule has 0 aliphatic carbocycles. The molecular weight excluding hydrogens is 314 g/mol. The van der Waals surface area contributed by atoms with Gasteiger partial charge in [-0.25, -0.2) is 0 Å². The van der Waals surface area contributed by atoms with Crippen LogP contribution in [0.3, 0.4) is 0 Å². The Hall–Kier alpha value is -2.49. The van der Waals surface area contributed by atoms with Crippen LogP contribution in [-0.2, 0) is 4.79 Å². The number of aryl methyl sites for hydroxylation is 1. The molecule has 2 rings (SSSR count). The zero-order valence-corrected chi connectivity index (χ0v) is 15.4. The average molecular weight is 341 g/mol. The van der Waals surface area contributed by atoms with E-state index >= 15 is 0 Å². The maximum Gasteiger partial charge on any atom is 0.260 e. The molecule has 4 nitrogen and oxygen atoms in total. The van der Waals surface area contributed by atoms with E-state index in [2.05, 4.69) is 19.2 Å². The molecule has 134 valence electrons. The fourth-order valence-electron chi connectivity index (χ4n) is 2.50. The lowest BCUT2D eigenvalue weighted by Crippen LogP contribution is -2.38. The number of ether oxygens (including phenoxy) is 2. The Labute approximate surface area is 150 Å². The first-order valence-electron chi connectivity index (χ1n) is 8.70. The highest BCUT2D eigenvalue weighted by molar-refractivity contribution is 5.80. The Balaban J connectivity index is 1.79. The van der Waals surface area contributed by atoms with Gasteiger partial charge < -0.3 is 14.8 Å². The number of amides is 1. The minimum Gasteiger partial charge on any atom is -0.492 e. The number of hydrogen-bond donors (Lipinski definition) is 1. The van der Waals surface area contributed by atoms with E-state index in [1.54, 1.807) is 6.92 Å². The van der Waals surface area contributed by atoms with E-state index in [4.69, 9.17) is 9.47 Å². The molecule has 0 fully saturated rings. The predicted molar refractivity (Wildman–Crippen MR) is 100 cm³/mol. The molecule has 0 bridgehead atoms. The second kappa shape index (κ2) is 9.11. The van der Waals surface area contributed by atoms with Crippen molar-refractivity contribution in [3.63, 3.8) is 0 Å². The molecule has 1 amide bonds. The number of para-hydroxylation sites is 1. The third kappa shape index (κ3) is 5.82. The molecule has 2 aromatic carbocycles. The summed E-state index contributed by atoms with van der Waals surface area (Å²) >= 11 is 0. The zero-order chi connectivity index (χ0) is 18.2. The molecular formula is C21H27NO3. The highest BCUT2D eigenvalue weighted by Crippen LogP contribution is 2.26. The first-order chi connectivity index (χ1) is 12.0. The number of hydrogen-bond acceptors (Lipinski definition) is 3. The van der Waals surface area contributed by atoms with Crippen LogP contribution in [0.2, 0.25) is 0 Å². The molecule has 1 atom stereocenters. The summed E-state index contributed by atoms with van der Waals surface area (Å²) < 4.78 is 11.5. The van der Waals surface area contributed by atoms with Gasteiger partial charge in [0.25, 0.3) is 5.91 Å². The van der Waals surface area contributed by atoms with Crippen LogP contribution in [0, 0.1) is 6.92 Å². The smallest absolute Gasteiger partial charge is 0.260 e. The highest BCUT2D eigenvalue weighted by Gasteiger charge is 2.16. The van der Waals surface area contributed by atoms with Crippen molar-refractivity contribution in [3.8, 4) is 11.5 Å². The summed E-state index contributed by atoms with van der Waals surface area (Å²) in [6.45, 7) is 8.85. The van der Waals surface area contributed by atoms with Gasteiger partial charge in [-0.3, -0.25) is 4.79 Å². The van der Waals surface area contributed by atoms with Gasteiger partial charge in [0.05, 0.1) is 6.54 Å². The first kappa shape index (κ1) is 18.8. The topological polar surface area (TPSA) is 47.6 Å². The molecule has 0 radical (unpaired) electrons. The van der Waals surface area contributed by atoms with Crippen LogP contribution in [0.4, 0.5) is 0 Å². The zero-order valence-electron chi connectivity index (χ0n) is 15.4. The number of carbonyl (C=O) groups is 1. The van der Waals surface area contributed by atoms with Crippen LogP contribution in [0.1, 0.15) is 37.8 Å². The molecule has 0 spiro atoms. The van der Waals surface area contributed by atoms with Crippen LogP contribution >= 0.6 is 0 Å². The van der Waals surface area contributed by atoms with Crippen molar-refractivity contribution in [3.05, 3.63) is 59.7 Å². The highest BCUT2D eigenvalue weighted by atomic mass is 16.5. The minimum atomic E-state index is -0.557. The average Bonchev–Trinajstić information content (AvgIpc) is 2.59. The number of carbonyl (C=O) groups excluding carboxylic acids is 1. The molecule has 0 aliphatic heterocycles. The number of rotatable bonds is 8. The summed E-state index contributed by atoms with van der Waals surface area (Å²) in [7, 11) is 0. The summed E-state index contributed by atoms with van der Waals surface area (Å²) in [5, 5.41) is 2.85. The summed E-state index contributed by atoms with van der Waals surface area (Å²) in [4.78, 5) is 12.2. The molecule has 0 aromatic heterocycles. The Morgan fingerprint density at radius 1 is 1.08 bits per heavy atom. The normalized spacial score (nSPS) is 11.9. The fourth-order valence-corrected chi connectivity index (χ4v) is 2.50. The first-order valence-corrected chi connectivity index (χ1v) is 8.70. The van der Waals surface area contributed by atoms with Crippen LogP contribution in [0.15, 0.2) is 48.5 Å². The van der Waals surface area contributed by atoms with Crippen molar-refractivity contribution in [1.82, 2.24) is 5.32 Å². The lowest BCUT2D eigenvalue weighted by atomic mass is 10.0. The summed E-state index contributed by atoms with van der Waals surface area (Å²) in [5.74, 6) is 1.76.